The summed E-state index contributed by atoms with van der Waals surface area (Å²) in [7, 11) is 0. The second-order valence-electron chi connectivity index (χ2n) is 6.52. The van der Waals surface area contributed by atoms with E-state index in [1.807, 2.05) is 18.2 Å². The summed E-state index contributed by atoms with van der Waals surface area (Å²) >= 11 is 0. The van der Waals surface area contributed by atoms with Gasteiger partial charge in [0.05, 0.1) is 12.0 Å². The number of rotatable bonds is 3. The minimum absolute atomic E-state index is 0.232. The molecule has 1 aliphatic carbocycles. The average Bonchev–Trinajstić information content (AvgIpc) is 2.85. The molecule has 1 N–H and O–H groups in total. The number of hydrogen-bond acceptors (Lipinski definition) is 2. The van der Waals surface area contributed by atoms with Gasteiger partial charge < -0.3 is 9.84 Å². The van der Waals surface area contributed by atoms with Crippen molar-refractivity contribution < 1.29 is 14.6 Å². The highest BCUT2D eigenvalue weighted by molar-refractivity contribution is 5.75. The molecule has 0 spiro atoms. The number of fused-ring (bicyclic) bond motifs is 1. The van der Waals surface area contributed by atoms with E-state index in [0.717, 1.165) is 31.4 Å². The van der Waals surface area contributed by atoms with Gasteiger partial charge in [-0.25, -0.2) is 0 Å². The third kappa shape index (κ3) is 2.30. The lowest BCUT2D eigenvalue weighted by Gasteiger charge is -2.37. The molecule has 108 valence electrons. The van der Waals surface area contributed by atoms with Crippen LogP contribution in [0.25, 0.3) is 0 Å². The molecule has 20 heavy (non-hydrogen) atoms. The van der Waals surface area contributed by atoms with E-state index in [1.165, 1.54) is 5.56 Å². The maximum atomic E-state index is 11.8. The van der Waals surface area contributed by atoms with Crippen LogP contribution >= 0.6 is 0 Å². The van der Waals surface area contributed by atoms with Gasteiger partial charge in [0.15, 0.2) is 0 Å². The highest BCUT2D eigenvalue weighted by atomic mass is 16.5. The summed E-state index contributed by atoms with van der Waals surface area (Å²) in [4.78, 5) is 11.8. The third-order valence-electron chi connectivity index (χ3n) is 5.12. The molecule has 3 nitrogen and oxygen atoms in total. The topological polar surface area (TPSA) is 46.5 Å². The summed E-state index contributed by atoms with van der Waals surface area (Å²) in [6.07, 6.45) is 4.39. The molecule has 1 unspecified atom stereocenters. The van der Waals surface area contributed by atoms with Crippen molar-refractivity contribution in [1.29, 1.82) is 0 Å². The Balaban J connectivity index is 1.80. The van der Waals surface area contributed by atoms with Crippen LogP contribution in [0.5, 0.6) is 5.75 Å². The zero-order valence-electron chi connectivity index (χ0n) is 12.0. The maximum absolute atomic E-state index is 11.8. The fourth-order valence-corrected chi connectivity index (χ4v) is 3.69. The molecule has 1 aromatic rings. The van der Waals surface area contributed by atoms with Crippen LogP contribution < -0.4 is 4.74 Å². The first-order valence-electron chi connectivity index (χ1n) is 7.56. The van der Waals surface area contributed by atoms with E-state index in [0.29, 0.717) is 18.9 Å². The SMILES string of the molecule is CC1CCC(CC2COc3ccccc32)(C(=O)O)CC1. The monoisotopic (exact) mass is 274 g/mol. The number of carbonyl (C=O) groups is 1. The lowest BCUT2D eigenvalue weighted by atomic mass is 9.66. The number of aliphatic carboxylic acids is 1. The van der Waals surface area contributed by atoms with Crippen LogP contribution in [0.3, 0.4) is 0 Å². The summed E-state index contributed by atoms with van der Waals surface area (Å²) in [6.45, 7) is 2.85. The van der Waals surface area contributed by atoms with Crippen molar-refractivity contribution in [3.8, 4) is 5.75 Å². The molecule has 0 bridgehead atoms. The van der Waals surface area contributed by atoms with E-state index in [2.05, 4.69) is 13.0 Å². The quantitative estimate of drug-likeness (QED) is 0.911. The highest BCUT2D eigenvalue weighted by Gasteiger charge is 2.44. The standard InChI is InChI=1S/C17H22O3/c1-12-6-8-17(9-7-12,16(18)19)10-13-11-20-15-5-3-2-4-14(13)15/h2-5,12-13H,6-11H2,1H3,(H,18,19). The van der Waals surface area contributed by atoms with E-state index < -0.39 is 11.4 Å². The van der Waals surface area contributed by atoms with Crippen molar-refractivity contribution in [3.63, 3.8) is 0 Å². The molecule has 0 aromatic heterocycles. The summed E-state index contributed by atoms with van der Waals surface area (Å²) in [5.74, 6) is 1.21. The Bertz CT molecular complexity index is 501. The summed E-state index contributed by atoms with van der Waals surface area (Å²) in [5.41, 5.74) is 0.643. The van der Waals surface area contributed by atoms with Gasteiger partial charge in [-0.3, -0.25) is 4.79 Å². The van der Waals surface area contributed by atoms with E-state index in [9.17, 15) is 9.90 Å². The summed E-state index contributed by atoms with van der Waals surface area (Å²) < 4.78 is 5.71. The molecule has 1 fully saturated rings. The minimum Gasteiger partial charge on any atom is -0.493 e. The highest BCUT2D eigenvalue weighted by Crippen LogP contribution is 2.48. The first kappa shape index (κ1) is 13.5. The van der Waals surface area contributed by atoms with Crippen molar-refractivity contribution >= 4 is 5.97 Å². The molecule has 0 radical (unpaired) electrons. The fraction of sp³-hybridized carbons (Fsp3) is 0.588. The minimum atomic E-state index is -0.617. The average molecular weight is 274 g/mol. The number of benzene rings is 1. The summed E-state index contributed by atoms with van der Waals surface area (Å²) in [6, 6.07) is 8.03. The molecular formula is C17H22O3. The lowest BCUT2D eigenvalue weighted by molar-refractivity contribution is -0.152. The Kier molecular flexibility index (Phi) is 3.45. The van der Waals surface area contributed by atoms with Crippen molar-refractivity contribution in [2.24, 2.45) is 11.3 Å². The maximum Gasteiger partial charge on any atom is 0.309 e. The number of para-hydroxylation sites is 1. The number of carboxylic acid groups (broad SMARTS) is 1. The first-order chi connectivity index (χ1) is 9.61. The predicted molar refractivity (Wildman–Crippen MR) is 77.0 cm³/mol. The van der Waals surface area contributed by atoms with Crippen LogP contribution in [0, 0.1) is 11.3 Å². The van der Waals surface area contributed by atoms with E-state index in [4.69, 9.17) is 4.74 Å². The van der Waals surface area contributed by atoms with Gasteiger partial charge in [0.2, 0.25) is 0 Å². The number of hydrogen-bond donors (Lipinski definition) is 1. The Hall–Kier alpha value is -1.51. The molecule has 1 heterocycles. The van der Waals surface area contributed by atoms with Crippen LogP contribution in [0.2, 0.25) is 0 Å². The van der Waals surface area contributed by atoms with Crippen molar-refractivity contribution in [2.45, 2.75) is 44.9 Å². The van der Waals surface area contributed by atoms with Crippen LogP contribution in [0.4, 0.5) is 0 Å². The molecule has 1 aromatic carbocycles. The number of carboxylic acids is 1. The largest absolute Gasteiger partial charge is 0.493 e. The summed E-state index contributed by atoms with van der Waals surface area (Å²) in [5, 5.41) is 9.74. The van der Waals surface area contributed by atoms with Gasteiger partial charge in [0.1, 0.15) is 5.75 Å². The lowest BCUT2D eigenvalue weighted by Crippen LogP contribution is -2.36. The molecule has 0 saturated heterocycles. The number of ether oxygens (including phenoxy) is 1. The molecule has 0 amide bonds. The molecular weight excluding hydrogens is 252 g/mol. The van der Waals surface area contributed by atoms with Crippen LogP contribution in [-0.4, -0.2) is 17.7 Å². The van der Waals surface area contributed by atoms with Gasteiger partial charge in [-0.05, 0) is 44.1 Å². The van der Waals surface area contributed by atoms with Gasteiger partial charge in [-0.1, -0.05) is 25.1 Å². The molecule has 2 aliphatic rings. The zero-order valence-corrected chi connectivity index (χ0v) is 12.0. The Morgan fingerprint density at radius 3 is 2.75 bits per heavy atom. The fourth-order valence-electron chi connectivity index (χ4n) is 3.69. The van der Waals surface area contributed by atoms with Crippen LogP contribution in [-0.2, 0) is 4.79 Å². The third-order valence-corrected chi connectivity index (χ3v) is 5.12. The molecule has 1 saturated carbocycles. The molecule has 1 atom stereocenters. The van der Waals surface area contributed by atoms with Gasteiger partial charge >= 0.3 is 5.97 Å². The Morgan fingerprint density at radius 1 is 1.35 bits per heavy atom. The van der Waals surface area contributed by atoms with E-state index in [-0.39, 0.29) is 5.92 Å². The van der Waals surface area contributed by atoms with Gasteiger partial charge in [0, 0.05) is 11.5 Å². The second kappa shape index (κ2) is 5.12. The second-order valence-corrected chi connectivity index (χ2v) is 6.52. The van der Waals surface area contributed by atoms with Crippen LogP contribution in [0.1, 0.15) is 50.5 Å². The van der Waals surface area contributed by atoms with Crippen LogP contribution in [0.15, 0.2) is 24.3 Å². The van der Waals surface area contributed by atoms with E-state index >= 15 is 0 Å². The van der Waals surface area contributed by atoms with Crippen molar-refractivity contribution in [2.75, 3.05) is 6.61 Å². The van der Waals surface area contributed by atoms with Crippen molar-refractivity contribution in [1.82, 2.24) is 0 Å². The Morgan fingerprint density at radius 2 is 2.05 bits per heavy atom. The normalized spacial score (nSPS) is 32.5. The van der Waals surface area contributed by atoms with E-state index in [1.54, 1.807) is 0 Å². The first-order valence-corrected chi connectivity index (χ1v) is 7.56. The van der Waals surface area contributed by atoms with Gasteiger partial charge in [-0.15, -0.1) is 0 Å². The molecule has 1 aliphatic heterocycles. The smallest absolute Gasteiger partial charge is 0.309 e. The van der Waals surface area contributed by atoms with Gasteiger partial charge in [-0.2, -0.15) is 0 Å². The van der Waals surface area contributed by atoms with Crippen molar-refractivity contribution in [3.05, 3.63) is 29.8 Å². The predicted octanol–water partition coefficient (Wildman–Crippen LogP) is 3.83. The molecule has 3 rings (SSSR count). The Labute approximate surface area is 120 Å². The zero-order chi connectivity index (χ0) is 14.2. The van der Waals surface area contributed by atoms with Gasteiger partial charge in [0.25, 0.3) is 0 Å². The molecule has 3 heteroatoms.